The topological polar surface area (TPSA) is 82.2 Å². The van der Waals surface area contributed by atoms with Crippen LogP contribution in [0, 0.1) is 5.41 Å². The number of carbonyl (C=O) groups excluding carboxylic acids is 1. The van der Waals surface area contributed by atoms with Gasteiger partial charge in [0.15, 0.2) is 0 Å². The Morgan fingerprint density at radius 1 is 1.13 bits per heavy atom. The van der Waals surface area contributed by atoms with E-state index in [-0.39, 0.29) is 5.91 Å². The van der Waals surface area contributed by atoms with E-state index in [0.29, 0.717) is 35.1 Å². The fraction of sp³-hybridized carbons (Fsp3) is 0.250. The number of rotatable bonds is 8. The van der Waals surface area contributed by atoms with E-state index in [2.05, 4.69) is 22.5 Å². The van der Waals surface area contributed by atoms with Crippen LogP contribution in [0.4, 0.5) is 11.4 Å². The predicted molar refractivity (Wildman–Crippen MR) is 128 cm³/mol. The monoisotopic (exact) mass is 420 g/mol. The van der Waals surface area contributed by atoms with Gasteiger partial charge in [0, 0.05) is 30.2 Å². The molecule has 0 fully saturated rings. The van der Waals surface area contributed by atoms with Gasteiger partial charge in [0.25, 0.3) is 5.91 Å². The van der Waals surface area contributed by atoms with Gasteiger partial charge in [-0.25, -0.2) is 0 Å². The summed E-state index contributed by atoms with van der Waals surface area (Å²) < 4.78 is 0. The molecule has 0 aliphatic carbocycles. The van der Waals surface area contributed by atoms with Crippen LogP contribution in [0.3, 0.4) is 0 Å². The summed E-state index contributed by atoms with van der Waals surface area (Å²) in [6.45, 7) is 2.11. The van der Waals surface area contributed by atoms with Crippen LogP contribution in [-0.2, 0) is 6.42 Å². The van der Waals surface area contributed by atoms with Crippen molar-refractivity contribution >= 4 is 34.3 Å². The Balaban J connectivity index is 1.65. The van der Waals surface area contributed by atoms with Crippen LogP contribution in [0.1, 0.15) is 29.3 Å². The average Bonchev–Trinajstić information content (AvgIpc) is 3.24. The molecule has 4 N–H and O–H groups in total. The largest absolute Gasteiger partial charge is 0.397 e. The maximum atomic E-state index is 12.7. The summed E-state index contributed by atoms with van der Waals surface area (Å²) in [5.41, 5.74) is 11.6. The van der Waals surface area contributed by atoms with Crippen LogP contribution in [0.15, 0.2) is 59.3 Å². The lowest BCUT2D eigenvalue weighted by Crippen LogP contribution is -2.27. The molecule has 1 amide bonds. The summed E-state index contributed by atoms with van der Waals surface area (Å²) in [4.78, 5) is 14.8. The molecule has 0 bridgehead atoms. The molecule has 5 nitrogen and oxygen atoms in total. The van der Waals surface area contributed by atoms with Gasteiger partial charge in [0.05, 0.1) is 11.4 Å². The maximum absolute atomic E-state index is 12.7. The fourth-order valence-electron chi connectivity index (χ4n) is 3.10. The first-order valence-electron chi connectivity index (χ1n) is 9.88. The third-order valence-electron chi connectivity index (χ3n) is 5.21. The Labute approximate surface area is 182 Å². The van der Waals surface area contributed by atoms with E-state index in [1.165, 1.54) is 0 Å². The van der Waals surface area contributed by atoms with Crippen LogP contribution >= 0.6 is 11.3 Å². The lowest BCUT2D eigenvalue weighted by Gasteiger charge is -2.19. The molecule has 156 valence electrons. The van der Waals surface area contributed by atoms with Crippen LogP contribution in [0.5, 0.6) is 0 Å². The van der Waals surface area contributed by atoms with Gasteiger partial charge < -0.3 is 21.4 Å². The summed E-state index contributed by atoms with van der Waals surface area (Å²) in [5, 5.41) is 15.2. The van der Waals surface area contributed by atoms with Crippen LogP contribution in [0.25, 0.3) is 11.1 Å². The van der Waals surface area contributed by atoms with Gasteiger partial charge >= 0.3 is 0 Å². The van der Waals surface area contributed by atoms with Gasteiger partial charge in [-0.3, -0.25) is 4.79 Å². The minimum absolute atomic E-state index is 0.202. The van der Waals surface area contributed by atoms with Crippen molar-refractivity contribution in [2.45, 2.75) is 25.8 Å². The summed E-state index contributed by atoms with van der Waals surface area (Å²) in [5.74, 6) is -0.202. The van der Waals surface area contributed by atoms with Crippen LogP contribution in [0.2, 0.25) is 0 Å². The first-order valence-corrected chi connectivity index (χ1v) is 10.8. The molecule has 0 aliphatic heterocycles. The molecule has 0 radical (unpaired) electrons. The number of nitrogens with two attached hydrogens (primary N) is 1. The molecule has 0 aliphatic rings. The smallest absolute Gasteiger partial charge is 0.255 e. The number of hydrogen-bond acceptors (Lipinski definition) is 5. The van der Waals surface area contributed by atoms with E-state index < -0.39 is 0 Å². The van der Waals surface area contributed by atoms with Gasteiger partial charge in [-0.1, -0.05) is 18.2 Å². The summed E-state index contributed by atoms with van der Waals surface area (Å²) in [7, 11) is 4.04. The molecule has 2 aromatic carbocycles. The average molecular weight is 421 g/mol. The first-order chi connectivity index (χ1) is 14.3. The lowest BCUT2D eigenvalue weighted by molar-refractivity contribution is 0.102. The molecular formula is C24H28N4OS. The Morgan fingerprint density at radius 3 is 2.50 bits per heavy atom. The SMILES string of the molecule is C[C@H](CC(=N)Cc1ccc(C(=O)Nc2cc(-c3ccsc3)ccc2N)cc1)N(C)C. The van der Waals surface area contributed by atoms with Gasteiger partial charge in [-0.15, -0.1) is 0 Å². The minimum atomic E-state index is -0.202. The zero-order valence-electron chi connectivity index (χ0n) is 17.6. The minimum Gasteiger partial charge on any atom is -0.397 e. The molecule has 1 atom stereocenters. The highest BCUT2D eigenvalue weighted by atomic mass is 32.1. The standard InChI is InChI=1S/C24H28N4OS/c1-16(28(2)3)12-21(25)13-17-4-6-18(7-5-17)24(29)27-23-14-19(8-9-22(23)26)20-10-11-30-15-20/h4-11,14-16,25H,12-13,26H2,1-3H3,(H,27,29)/t16-/m1/s1. The van der Waals surface area contributed by atoms with Crippen molar-refractivity contribution in [1.82, 2.24) is 4.90 Å². The third kappa shape index (κ3) is 5.55. The zero-order valence-corrected chi connectivity index (χ0v) is 18.4. The van der Waals surface area contributed by atoms with Gasteiger partial charge in [-0.2, -0.15) is 11.3 Å². The van der Waals surface area contributed by atoms with E-state index in [0.717, 1.165) is 23.1 Å². The highest BCUT2D eigenvalue weighted by molar-refractivity contribution is 7.08. The molecule has 1 heterocycles. The molecule has 6 heteroatoms. The molecule has 0 spiro atoms. The third-order valence-corrected chi connectivity index (χ3v) is 5.90. The van der Waals surface area contributed by atoms with Gasteiger partial charge in [0.1, 0.15) is 0 Å². The molecule has 3 rings (SSSR count). The Hall–Kier alpha value is -2.96. The van der Waals surface area contributed by atoms with E-state index in [1.807, 2.05) is 55.9 Å². The highest BCUT2D eigenvalue weighted by Gasteiger charge is 2.12. The summed E-state index contributed by atoms with van der Waals surface area (Å²) >= 11 is 1.63. The number of amides is 1. The second kappa shape index (κ2) is 9.69. The number of nitrogens with one attached hydrogen (secondary N) is 2. The van der Waals surface area contributed by atoms with Crippen molar-refractivity contribution in [3.8, 4) is 11.1 Å². The maximum Gasteiger partial charge on any atom is 0.255 e. The van der Waals surface area contributed by atoms with Crippen molar-refractivity contribution < 1.29 is 4.79 Å². The summed E-state index contributed by atoms with van der Waals surface area (Å²) in [6.07, 6.45) is 1.32. The highest BCUT2D eigenvalue weighted by Crippen LogP contribution is 2.29. The fourth-order valence-corrected chi connectivity index (χ4v) is 3.76. The lowest BCUT2D eigenvalue weighted by atomic mass is 10.0. The second-order valence-electron chi connectivity index (χ2n) is 7.76. The molecule has 0 unspecified atom stereocenters. The summed E-state index contributed by atoms with van der Waals surface area (Å²) in [6, 6.07) is 15.5. The van der Waals surface area contributed by atoms with Crippen molar-refractivity contribution in [3.63, 3.8) is 0 Å². The van der Waals surface area contributed by atoms with Gasteiger partial charge in [0.2, 0.25) is 0 Å². The van der Waals surface area contributed by atoms with Crippen molar-refractivity contribution in [1.29, 1.82) is 5.41 Å². The number of nitrogens with zero attached hydrogens (tertiary/aromatic N) is 1. The van der Waals surface area contributed by atoms with Crippen LogP contribution < -0.4 is 11.1 Å². The van der Waals surface area contributed by atoms with E-state index >= 15 is 0 Å². The van der Waals surface area contributed by atoms with E-state index in [1.54, 1.807) is 23.5 Å². The number of hydrogen-bond donors (Lipinski definition) is 3. The number of carbonyl (C=O) groups is 1. The number of anilines is 2. The predicted octanol–water partition coefficient (Wildman–Crippen LogP) is 5.15. The first kappa shape index (κ1) is 21.7. The van der Waals surface area contributed by atoms with E-state index in [4.69, 9.17) is 11.1 Å². The van der Waals surface area contributed by atoms with Crippen molar-refractivity contribution in [2.75, 3.05) is 25.1 Å². The second-order valence-corrected chi connectivity index (χ2v) is 8.54. The molecular weight excluding hydrogens is 392 g/mol. The van der Waals surface area contributed by atoms with Crippen molar-refractivity contribution in [2.24, 2.45) is 0 Å². The van der Waals surface area contributed by atoms with Crippen molar-refractivity contribution in [3.05, 3.63) is 70.4 Å². The number of thiophene rings is 1. The normalized spacial score (nSPS) is 12.0. The molecule has 0 saturated carbocycles. The number of nitrogen functional groups attached to an aromatic ring is 1. The molecule has 1 aromatic heterocycles. The Kier molecular flexibility index (Phi) is 7.03. The molecule has 0 saturated heterocycles. The van der Waals surface area contributed by atoms with E-state index in [9.17, 15) is 4.79 Å². The Morgan fingerprint density at radius 2 is 1.87 bits per heavy atom. The zero-order chi connectivity index (χ0) is 21.7. The quantitative estimate of drug-likeness (QED) is 0.348. The molecule has 30 heavy (non-hydrogen) atoms. The Bertz CT molecular complexity index is 1010. The number of benzene rings is 2. The molecule has 3 aromatic rings. The van der Waals surface area contributed by atoms with Crippen LogP contribution in [-0.4, -0.2) is 36.7 Å². The van der Waals surface area contributed by atoms with Gasteiger partial charge in [-0.05, 0) is 78.8 Å².